The van der Waals surface area contributed by atoms with Crippen molar-refractivity contribution in [3.63, 3.8) is 0 Å². The fourth-order valence-corrected chi connectivity index (χ4v) is 7.09. The van der Waals surface area contributed by atoms with Crippen molar-refractivity contribution in [3.8, 4) is 5.75 Å². The van der Waals surface area contributed by atoms with Crippen molar-refractivity contribution in [1.29, 1.82) is 0 Å². The second-order valence-corrected chi connectivity index (χ2v) is 12.7. The number of piperidine rings is 1. The molecule has 11 heteroatoms. The van der Waals surface area contributed by atoms with E-state index in [0.29, 0.717) is 57.2 Å². The van der Waals surface area contributed by atoms with Gasteiger partial charge in [-0.3, -0.25) is 9.69 Å². The van der Waals surface area contributed by atoms with Crippen LogP contribution in [0.15, 0.2) is 42.5 Å². The molecule has 2 aromatic rings. The van der Waals surface area contributed by atoms with Gasteiger partial charge in [0, 0.05) is 83.2 Å². The number of rotatable bonds is 6. The lowest BCUT2D eigenvalue weighted by molar-refractivity contribution is -0.143. The minimum absolute atomic E-state index is 0.0211. The summed E-state index contributed by atoms with van der Waals surface area (Å²) >= 11 is 0. The van der Waals surface area contributed by atoms with E-state index < -0.39 is 12.2 Å². The molecule has 242 valence electrons. The van der Waals surface area contributed by atoms with Crippen molar-refractivity contribution in [1.82, 2.24) is 19.6 Å². The Morgan fingerprint density at radius 1 is 0.933 bits per heavy atom. The molecule has 2 N–H and O–H groups in total. The van der Waals surface area contributed by atoms with Gasteiger partial charge in [-0.1, -0.05) is 30.3 Å². The minimum Gasteiger partial charge on any atom is -0.508 e. The number of hydrogen-bond donors (Lipinski definition) is 2. The number of nitrogens with one attached hydrogen (secondary N) is 1. The summed E-state index contributed by atoms with van der Waals surface area (Å²) < 4.78 is 11.5. The molecular formula is C34H45N5O6. The maximum atomic E-state index is 13.9. The van der Waals surface area contributed by atoms with Gasteiger partial charge in [0.2, 0.25) is 0 Å². The van der Waals surface area contributed by atoms with Gasteiger partial charge in [-0.25, -0.2) is 9.59 Å². The Kier molecular flexibility index (Phi) is 9.75. The highest BCUT2D eigenvalue weighted by atomic mass is 16.6. The van der Waals surface area contributed by atoms with Gasteiger partial charge in [0.1, 0.15) is 5.75 Å². The zero-order chi connectivity index (χ0) is 31.3. The van der Waals surface area contributed by atoms with E-state index in [1.54, 1.807) is 17.0 Å². The van der Waals surface area contributed by atoms with Gasteiger partial charge in [0.15, 0.2) is 6.10 Å². The van der Waals surface area contributed by atoms with Crippen LogP contribution < -0.4 is 5.32 Å². The van der Waals surface area contributed by atoms with Crippen LogP contribution in [-0.4, -0.2) is 120 Å². The average Bonchev–Trinajstić information content (AvgIpc) is 3.24. The zero-order valence-electron chi connectivity index (χ0n) is 26.2. The molecule has 11 nitrogen and oxygen atoms in total. The van der Waals surface area contributed by atoms with Crippen LogP contribution in [0.2, 0.25) is 0 Å². The van der Waals surface area contributed by atoms with Crippen molar-refractivity contribution < 1.29 is 29.0 Å². The third-order valence-electron chi connectivity index (χ3n) is 9.84. The Morgan fingerprint density at radius 2 is 1.67 bits per heavy atom. The van der Waals surface area contributed by atoms with Crippen molar-refractivity contribution in [2.45, 2.75) is 63.6 Å². The number of carbonyl (C=O) groups is 3. The number of para-hydroxylation sites is 1. The monoisotopic (exact) mass is 619 g/mol. The molecule has 0 aromatic heterocycles. The third-order valence-corrected chi connectivity index (χ3v) is 9.84. The summed E-state index contributed by atoms with van der Waals surface area (Å²) in [6.45, 7) is 7.66. The van der Waals surface area contributed by atoms with E-state index in [0.717, 1.165) is 62.4 Å². The molecule has 1 atom stereocenters. The lowest BCUT2D eigenvalue weighted by Crippen LogP contribution is -2.56. The summed E-state index contributed by atoms with van der Waals surface area (Å²) in [5.41, 5.74) is 3.51. The molecule has 45 heavy (non-hydrogen) atoms. The number of aromatic hydroxyl groups is 1. The lowest BCUT2D eigenvalue weighted by atomic mass is 10.0. The highest BCUT2D eigenvalue weighted by Crippen LogP contribution is 2.26. The number of ether oxygens (including phenoxy) is 2. The summed E-state index contributed by atoms with van der Waals surface area (Å²) in [6, 6.07) is 13.5. The number of aryl methyl sites for hydroxylation is 1. The number of carbonyl (C=O) groups excluding carboxylic acids is 3. The summed E-state index contributed by atoms with van der Waals surface area (Å²) in [5, 5.41) is 13.1. The highest BCUT2D eigenvalue weighted by molar-refractivity contribution is 5.91. The van der Waals surface area contributed by atoms with Crippen LogP contribution in [0.3, 0.4) is 0 Å². The molecule has 4 amide bonds. The summed E-state index contributed by atoms with van der Waals surface area (Å²) in [5.74, 6) is 0.00379. The first-order valence-corrected chi connectivity index (χ1v) is 16.4. The standard InChI is InChI=1S/C34H45N5O6/c1-24-22-25(6-7-30(24)40)23-31(32(41)37-18-16-36(17-19-37)27-11-20-44-21-12-27)45-34(43)38-13-9-28(10-14-38)39-15-8-26-4-2-3-5-29(26)35-33(39)42/h2-7,22,27-28,31,40H,8-21,23H2,1H3,(H,35,42)/t31-/m1/s1. The molecule has 3 saturated heterocycles. The predicted octanol–water partition coefficient (Wildman–Crippen LogP) is 3.63. The van der Waals surface area contributed by atoms with Gasteiger partial charge in [-0.05, 0) is 67.9 Å². The fraction of sp³-hybridized carbons (Fsp3) is 0.559. The molecule has 2 aromatic carbocycles. The number of urea groups is 1. The van der Waals surface area contributed by atoms with Crippen LogP contribution >= 0.6 is 0 Å². The molecule has 3 fully saturated rings. The lowest BCUT2D eigenvalue weighted by Gasteiger charge is -2.41. The number of piperazine rings is 1. The van der Waals surface area contributed by atoms with Gasteiger partial charge in [0.25, 0.3) is 5.91 Å². The molecule has 0 bridgehead atoms. The van der Waals surface area contributed by atoms with Crippen molar-refractivity contribution in [3.05, 3.63) is 59.2 Å². The number of likely N-dealkylation sites (tertiary alicyclic amines) is 1. The molecule has 0 spiro atoms. The predicted molar refractivity (Wildman–Crippen MR) is 169 cm³/mol. The van der Waals surface area contributed by atoms with Crippen LogP contribution in [0.25, 0.3) is 0 Å². The van der Waals surface area contributed by atoms with Crippen LogP contribution in [0.5, 0.6) is 5.75 Å². The number of nitrogens with zero attached hydrogens (tertiary/aromatic N) is 4. The number of phenolic OH excluding ortho intramolecular Hbond substituents is 1. The van der Waals surface area contributed by atoms with E-state index in [2.05, 4.69) is 10.2 Å². The normalized spacial score (nSPS) is 21.1. The number of phenols is 1. The van der Waals surface area contributed by atoms with Gasteiger partial charge < -0.3 is 34.6 Å². The van der Waals surface area contributed by atoms with E-state index in [-0.39, 0.29) is 30.2 Å². The zero-order valence-corrected chi connectivity index (χ0v) is 26.2. The molecular weight excluding hydrogens is 574 g/mol. The third kappa shape index (κ3) is 7.36. The van der Waals surface area contributed by atoms with Gasteiger partial charge in [-0.2, -0.15) is 0 Å². The van der Waals surface area contributed by atoms with Gasteiger partial charge in [0.05, 0.1) is 0 Å². The van der Waals surface area contributed by atoms with Gasteiger partial charge >= 0.3 is 12.1 Å². The molecule has 0 aliphatic carbocycles. The summed E-state index contributed by atoms with van der Waals surface area (Å²) in [6.07, 6.45) is 2.85. The van der Waals surface area contributed by atoms with Crippen molar-refractivity contribution >= 4 is 23.7 Å². The van der Waals surface area contributed by atoms with Crippen molar-refractivity contribution in [2.24, 2.45) is 0 Å². The van der Waals surface area contributed by atoms with E-state index in [1.165, 1.54) is 0 Å². The molecule has 0 unspecified atom stereocenters. The SMILES string of the molecule is Cc1cc(C[C@@H](OC(=O)N2CCC(N3CCc4ccccc4NC3=O)CC2)C(=O)N2CCN(C3CCOCC3)CC2)ccc1O. The highest BCUT2D eigenvalue weighted by Gasteiger charge is 2.36. The second-order valence-electron chi connectivity index (χ2n) is 12.7. The number of benzene rings is 2. The smallest absolute Gasteiger partial charge is 0.410 e. The minimum atomic E-state index is -0.969. The molecule has 6 rings (SSSR count). The number of amides is 4. The topological polar surface area (TPSA) is 115 Å². The van der Waals surface area contributed by atoms with E-state index in [1.807, 2.05) is 47.1 Å². The van der Waals surface area contributed by atoms with E-state index >= 15 is 0 Å². The first-order chi connectivity index (χ1) is 21.9. The van der Waals surface area contributed by atoms with Crippen molar-refractivity contribution in [2.75, 3.05) is 64.3 Å². The Hall–Kier alpha value is -3.83. The second kappa shape index (κ2) is 14.1. The first-order valence-electron chi connectivity index (χ1n) is 16.4. The quantitative estimate of drug-likeness (QED) is 0.508. The number of anilines is 1. The molecule has 0 saturated carbocycles. The Labute approximate surface area is 265 Å². The molecule has 4 aliphatic heterocycles. The number of hydrogen-bond acceptors (Lipinski definition) is 7. The summed E-state index contributed by atoms with van der Waals surface area (Å²) in [4.78, 5) is 48.2. The van der Waals surface area contributed by atoms with Gasteiger partial charge in [-0.15, -0.1) is 0 Å². The molecule has 0 radical (unpaired) electrons. The number of fused-ring (bicyclic) bond motifs is 1. The van der Waals surface area contributed by atoms with Crippen LogP contribution in [0, 0.1) is 6.92 Å². The maximum absolute atomic E-state index is 13.9. The first kappa shape index (κ1) is 31.2. The Bertz CT molecular complexity index is 1360. The van der Waals surface area contributed by atoms with Crippen LogP contribution in [-0.2, 0) is 27.1 Å². The molecule has 4 aliphatic rings. The fourth-order valence-electron chi connectivity index (χ4n) is 7.09. The Morgan fingerprint density at radius 3 is 2.40 bits per heavy atom. The summed E-state index contributed by atoms with van der Waals surface area (Å²) in [7, 11) is 0. The maximum Gasteiger partial charge on any atom is 0.410 e. The average molecular weight is 620 g/mol. The van der Waals surface area contributed by atoms with E-state index in [4.69, 9.17) is 9.47 Å². The largest absolute Gasteiger partial charge is 0.508 e. The molecule has 4 heterocycles. The van der Waals surface area contributed by atoms with E-state index in [9.17, 15) is 19.5 Å². The Balaban J connectivity index is 1.07. The van der Waals surface area contributed by atoms with Crippen LogP contribution in [0.1, 0.15) is 42.4 Å². The van der Waals surface area contributed by atoms with Crippen LogP contribution in [0.4, 0.5) is 15.3 Å².